The van der Waals surface area contributed by atoms with Gasteiger partial charge in [0.1, 0.15) is 23.2 Å². The third kappa shape index (κ3) is 3.85. The fraction of sp³-hybridized carbons (Fsp3) is 0.308. The Hall–Kier alpha value is -3.62. The molecule has 1 atom stereocenters. The van der Waals surface area contributed by atoms with Gasteiger partial charge in [0.15, 0.2) is 0 Å². The van der Waals surface area contributed by atoms with Crippen LogP contribution in [0.15, 0.2) is 53.3 Å². The van der Waals surface area contributed by atoms with E-state index >= 15 is 0 Å². The van der Waals surface area contributed by atoms with Crippen LogP contribution in [0, 0.1) is 0 Å². The highest BCUT2D eigenvalue weighted by molar-refractivity contribution is 6.15. The summed E-state index contributed by atoms with van der Waals surface area (Å²) in [7, 11) is 0. The first-order chi connectivity index (χ1) is 16.5. The molecule has 2 aromatic carbocycles. The molecule has 1 unspecified atom stereocenters. The maximum absolute atomic E-state index is 12.2. The van der Waals surface area contributed by atoms with E-state index in [9.17, 15) is 15.0 Å². The van der Waals surface area contributed by atoms with E-state index in [1.54, 1.807) is 6.20 Å². The van der Waals surface area contributed by atoms with Gasteiger partial charge in [-0.15, -0.1) is 0 Å². The molecule has 0 bridgehead atoms. The van der Waals surface area contributed by atoms with Crippen molar-refractivity contribution in [3.63, 3.8) is 0 Å². The van der Waals surface area contributed by atoms with Crippen molar-refractivity contribution >= 4 is 27.7 Å². The maximum Gasteiger partial charge on any atom is 0.339 e. The Morgan fingerprint density at radius 1 is 1.18 bits per heavy atom. The molecule has 5 rings (SSSR count). The van der Waals surface area contributed by atoms with E-state index in [0.29, 0.717) is 33.2 Å². The minimum Gasteiger partial charge on any atom is -0.507 e. The minimum absolute atomic E-state index is 0.0268. The number of furan rings is 1. The molecule has 1 saturated heterocycles. The lowest BCUT2D eigenvalue weighted by atomic mass is 9.89. The molecule has 8 nitrogen and oxygen atoms in total. The minimum atomic E-state index is -1.10. The largest absolute Gasteiger partial charge is 0.507 e. The Morgan fingerprint density at radius 2 is 1.91 bits per heavy atom. The predicted octanol–water partition coefficient (Wildman–Crippen LogP) is 4.17. The number of nitrogens with zero attached hydrogens (tertiary/aromatic N) is 2. The standard InChI is InChI=1S/C26H27N3O5/c1-15(2)34-20-13-16(7-8-28-20)23(29-11-9-27-10-12-29)22-21-19(26(31)32)14-33-25(21)18-6-4-3-5-17(18)24(22)30/h3-8,13-15,23,27,30H,9-12H2,1-2H3,(H,31,32). The van der Waals surface area contributed by atoms with Crippen LogP contribution in [0.25, 0.3) is 21.7 Å². The number of hydrogen-bond donors (Lipinski definition) is 3. The summed E-state index contributed by atoms with van der Waals surface area (Å²) in [6.07, 6.45) is 2.90. The molecule has 8 heteroatoms. The van der Waals surface area contributed by atoms with Crippen molar-refractivity contribution in [2.75, 3.05) is 26.2 Å². The van der Waals surface area contributed by atoms with E-state index in [0.717, 1.165) is 31.7 Å². The van der Waals surface area contributed by atoms with E-state index in [2.05, 4.69) is 15.2 Å². The molecule has 176 valence electrons. The van der Waals surface area contributed by atoms with Gasteiger partial charge in [0, 0.05) is 60.2 Å². The molecule has 0 aliphatic carbocycles. The number of aromatic carboxylic acids is 1. The van der Waals surface area contributed by atoms with Crippen molar-refractivity contribution in [2.24, 2.45) is 0 Å². The van der Waals surface area contributed by atoms with Gasteiger partial charge in [-0.25, -0.2) is 9.78 Å². The van der Waals surface area contributed by atoms with E-state index in [1.807, 2.05) is 50.2 Å². The summed E-state index contributed by atoms with van der Waals surface area (Å²) in [6, 6.07) is 10.7. The van der Waals surface area contributed by atoms with Gasteiger partial charge >= 0.3 is 5.97 Å². The Labute approximate surface area is 196 Å². The molecule has 34 heavy (non-hydrogen) atoms. The lowest BCUT2D eigenvalue weighted by Crippen LogP contribution is -2.45. The summed E-state index contributed by atoms with van der Waals surface area (Å²) in [4.78, 5) is 18.8. The number of aromatic hydroxyl groups is 1. The average Bonchev–Trinajstić information content (AvgIpc) is 3.27. The highest BCUT2D eigenvalue weighted by Crippen LogP contribution is 2.46. The smallest absolute Gasteiger partial charge is 0.339 e. The van der Waals surface area contributed by atoms with Gasteiger partial charge in [0.2, 0.25) is 5.88 Å². The molecule has 0 amide bonds. The number of piperazine rings is 1. The van der Waals surface area contributed by atoms with Crippen LogP contribution < -0.4 is 10.1 Å². The first kappa shape index (κ1) is 22.2. The van der Waals surface area contributed by atoms with Crippen LogP contribution in [-0.2, 0) is 0 Å². The highest BCUT2D eigenvalue weighted by Gasteiger charge is 2.33. The number of benzene rings is 2. The van der Waals surface area contributed by atoms with Crippen molar-refractivity contribution in [1.82, 2.24) is 15.2 Å². The van der Waals surface area contributed by atoms with Crippen LogP contribution in [0.5, 0.6) is 11.6 Å². The monoisotopic (exact) mass is 461 g/mol. The van der Waals surface area contributed by atoms with Crippen LogP contribution in [0.4, 0.5) is 0 Å². The fourth-order valence-electron chi connectivity index (χ4n) is 4.80. The number of carbonyl (C=O) groups is 1. The van der Waals surface area contributed by atoms with E-state index in [1.165, 1.54) is 6.26 Å². The summed E-state index contributed by atoms with van der Waals surface area (Å²) >= 11 is 0. The maximum atomic E-state index is 12.2. The fourth-order valence-corrected chi connectivity index (χ4v) is 4.80. The number of ether oxygens (including phenoxy) is 1. The topological polar surface area (TPSA) is 108 Å². The second-order valence-electron chi connectivity index (χ2n) is 8.75. The number of phenols is 1. The third-order valence-corrected chi connectivity index (χ3v) is 6.19. The average molecular weight is 462 g/mol. The summed E-state index contributed by atoms with van der Waals surface area (Å²) in [6.45, 7) is 6.89. The quantitative estimate of drug-likeness (QED) is 0.393. The Bertz CT molecular complexity index is 1360. The number of pyridine rings is 1. The molecule has 1 aliphatic heterocycles. The number of rotatable bonds is 6. The van der Waals surface area contributed by atoms with Crippen LogP contribution in [0.3, 0.4) is 0 Å². The van der Waals surface area contributed by atoms with Gasteiger partial charge in [-0.2, -0.15) is 0 Å². The second-order valence-corrected chi connectivity index (χ2v) is 8.75. The number of aromatic nitrogens is 1. The summed E-state index contributed by atoms with van der Waals surface area (Å²) in [5.41, 5.74) is 1.85. The van der Waals surface area contributed by atoms with E-state index in [-0.39, 0.29) is 17.4 Å². The zero-order chi connectivity index (χ0) is 23.8. The van der Waals surface area contributed by atoms with Gasteiger partial charge < -0.3 is 24.7 Å². The molecule has 1 fully saturated rings. The van der Waals surface area contributed by atoms with Crippen LogP contribution >= 0.6 is 0 Å². The Kier molecular flexibility index (Phi) is 5.85. The first-order valence-electron chi connectivity index (χ1n) is 11.4. The lowest BCUT2D eigenvalue weighted by molar-refractivity contribution is 0.0698. The van der Waals surface area contributed by atoms with E-state index < -0.39 is 12.0 Å². The Balaban J connectivity index is 1.83. The number of fused-ring (bicyclic) bond motifs is 3. The predicted molar refractivity (Wildman–Crippen MR) is 129 cm³/mol. The molecule has 2 aromatic heterocycles. The summed E-state index contributed by atoms with van der Waals surface area (Å²) in [5.74, 6) is -0.569. The summed E-state index contributed by atoms with van der Waals surface area (Å²) < 4.78 is 11.7. The molecule has 1 aliphatic rings. The van der Waals surface area contributed by atoms with Crippen LogP contribution in [-0.4, -0.2) is 58.3 Å². The third-order valence-electron chi connectivity index (χ3n) is 6.19. The molecule has 4 aromatic rings. The van der Waals surface area contributed by atoms with Gasteiger partial charge in [0.05, 0.1) is 12.1 Å². The zero-order valence-corrected chi connectivity index (χ0v) is 19.1. The van der Waals surface area contributed by atoms with Gasteiger partial charge in [-0.1, -0.05) is 24.3 Å². The lowest BCUT2D eigenvalue weighted by Gasteiger charge is -2.36. The van der Waals surface area contributed by atoms with Gasteiger partial charge in [-0.3, -0.25) is 4.90 Å². The van der Waals surface area contributed by atoms with Crippen molar-refractivity contribution in [3.8, 4) is 11.6 Å². The molecular formula is C26H27N3O5. The number of carboxylic acids is 1. The second kappa shape index (κ2) is 8.96. The van der Waals surface area contributed by atoms with Crippen molar-refractivity contribution < 1.29 is 24.2 Å². The zero-order valence-electron chi connectivity index (χ0n) is 19.1. The van der Waals surface area contributed by atoms with Crippen molar-refractivity contribution in [1.29, 1.82) is 0 Å². The SMILES string of the molecule is CC(C)Oc1cc(C(c2c(O)c3ccccc3c3occ(C(=O)O)c23)N2CCNCC2)ccn1. The van der Waals surface area contributed by atoms with Crippen LogP contribution in [0.1, 0.15) is 41.4 Å². The first-order valence-corrected chi connectivity index (χ1v) is 11.4. The molecule has 0 saturated carbocycles. The number of hydrogen-bond acceptors (Lipinski definition) is 7. The normalized spacial score (nSPS) is 15.7. The van der Waals surface area contributed by atoms with Gasteiger partial charge in [0.25, 0.3) is 0 Å². The number of carboxylic acid groups (broad SMARTS) is 1. The van der Waals surface area contributed by atoms with Gasteiger partial charge in [-0.05, 0) is 25.5 Å². The van der Waals surface area contributed by atoms with Crippen LogP contribution in [0.2, 0.25) is 0 Å². The summed E-state index contributed by atoms with van der Waals surface area (Å²) in [5, 5.41) is 26.7. The Morgan fingerprint density at radius 3 is 2.62 bits per heavy atom. The molecule has 3 N–H and O–H groups in total. The number of phenolic OH excluding ortho intramolecular Hbond substituents is 1. The molecule has 0 radical (unpaired) electrons. The molecule has 3 heterocycles. The van der Waals surface area contributed by atoms with E-state index in [4.69, 9.17) is 9.15 Å². The molecule has 0 spiro atoms. The van der Waals surface area contributed by atoms with Crippen molar-refractivity contribution in [2.45, 2.75) is 26.0 Å². The molecular weight excluding hydrogens is 434 g/mol. The van der Waals surface area contributed by atoms with Crippen molar-refractivity contribution in [3.05, 3.63) is 65.5 Å². The number of nitrogens with one attached hydrogen (secondary N) is 1. The highest BCUT2D eigenvalue weighted by atomic mass is 16.5.